The highest BCUT2D eigenvalue weighted by Gasteiger charge is 2.32. The summed E-state index contributed by atoms with van der Waals surface area (Å²) < 4.78 is 25.4. The summed E-state index contributed by atoms with van der Waals surface area (Å²) in [4.78, 5) is 0. The van der Waals surface area contributed by atoms with E-state index in [1.165, 1.54) is 4.31 Å². The first kappa shape index (κ1) is 12.5. The van der Waals surface area contributed by atoms with Crippen molar-refractivity contribution in [2.24, 2.45) is 0 Å². The number of aliphatic hydroxyl groups is 1. The minimum atomic E-state index is -3.21. The van der Waals surface area contributed by atoms with Crippen LogP contribution in [0.1, 0.15) is 24.4 Å². The second-order valence-corrected chi connectivity index (χ2v) is 6.28. The number of benzene rings is 1. The quantitative estimate of drug-likeness (QED) is 0.881. The third kappa shape index (κ3) is 2.68. The van der Waals surface area contributed by atoms with Gasteiger partial charge in [-0.2, -0.15) is 4.31 Å². The molecule has 1 fully saturated rings. The Balaban J connectivity index is 2.30. The van der Waals surface area contributed by atoms with Crippen LogP contribution in [0.15, 0.2) is 30.3 Å². The maximum atomic E-state index is 12.0. The number of aliphatic hydroxyl groups excluding tert-OH is 1. The minimum Gasteiger partial charge on any atom is -0.394 e. The molecule has 1 saturated heterocycles. The summed E-state index contributed by atoms with van der Waals surface area (Å²) in [5, 5.41) is 9.46. The first-order valence-corrected chi connectivity index (χ1v) is 7.41. The second kappa shape index (κ2) is 5.16. The van der Waals surface area contributed by atoms with Gasteiger partial charge < -0.3 is 5.11 Å². The van der Waals surface area contributed by atoms with E-state index in [1.54, 1.807) is 0 Å². The molecule has 2 rings (SSSR count). The molecule has 0 spiro atoms. The topological polar surface area (TPSA) is 57.6 Å². The lowest BCUT2D eigenvalue weighted by Crippen LogP contribution is -2.41. The molecule has 5 heteroatoms. The van der Waals surface area contributed by atoms with Gasteiger partial charge in [-0.1, -0.05) is 30.3 Å². The number of sulfonamides is 1. The van der Waals surface area contributed by atoms with E-state index in [-0.39, 0.29) is 12.4 Å². The average Bonchev–Trinajstić information content (AvgIpc) is 2.33. The van der Waals surface area contributed by atoms with Crippen molar-refractivity contribution in [1.82, 2.24) is 4.31 Å². The molecule has 1 unspecified atom stereocenters. The molecule has 1 aromatic rings. The molecular formula is C12H17NO3S. The van der Waals surface area contributed by atoms with Gasteiger partial charge in [-0.25, -0.2) is 8.42 Å². The molecule has 0 bridgehead atoms. The largest absolute Gasteiger partial charge is 0.394 e. The summed E-state index contributed by atoms with van der Waals surface area (Å²) in [7, 11) is -3.21. The van der Waals surface area contributed by atoms with Gasteiger partial charge in [-0.3, -0.25) is 0 Å². The van der Waals surface area contributed by atoms with Crippen molar-refractivity contribution in [2.45, 2.75) is 18.9 Å². The van der Waals surface area contributed by atoms with Crippen molar-refractivity contribution < 1.29 is 13.5 Å². The zero-order valence-corrected chi connectivity index (χ0v) is 10.4. The normalized spacial score (nSPS) is 22.2. The zero-order chi connectivity index (χ0) is 12.3. The molecule has 0 amide bonds. The first-order chi connectivity index (χ1) is 8.15. The number of nitrogens with zero attached hydrogens (tertiary/aromatic N) is 1. The molecule has 1 aliphatic heterocycles. The Morgan fingerprint density at radius 1 is 1.24 bits per heavy atom. The summed E-state index contributed by atoms with van der Waals surface area (Å²) in [5.74, 6) is 0.191. The highest BCUT2D eigenvalue weighted by atomic mass is 32.2. The minimum absolute atomic E-state index is 0.177. The second-order valence-electron chi connectivity index (χ2n) is 4.24. The van der Waals surface area contributed by atoms with E-state index in [0.717, 1.165) is 12.0 Å². The molecule has 0 aliphatic carbocycles. The van der Waals surface area contributed by atoms with Gasteiger partial charge in [-0.05, 0) is 18.4 Å². The van der Waals surface area contributed by atoms with E-state index >= 15 is 0 Å². The Kier molecular flexibility index (Phi) is 3.81. The summed E-state index contributed by atoms with van der Waals surface area (Å²) in [6.45, 7) is 0.325. The van der Waals surface area contributed by atoms with Crippen LogP contribution in [-0.4, -0.2) is 36.7 Å². The van der Waals surface area contributed by atoms with Crippen LogP contribution in [-0.2, 0) is 10.0 Å². The predicted molar refractivity (Wildman–Crippen MR) is 66.0 cm³/mol. The van der Waals surface area contributed by atoms with Crippen LogP contribution < -0.4 is 0 Å². The lowest BCUT2D eigenvalue weighted by molar-refractivity contribution is 0.183. The number of hydrogen-bond donors (Lipinski definition) is 1. The van der Waals surface area contributed by atoms with E-state index in [1.807, 2.05) is 30.3 Å². The summed E-state index contributed by atoms with van der Waals surface area (Å²) in [6, 6.07) is 8.85. The van der Waals surface area contributed by atoms with Crippen LogP contribution in [0.4, 0.5) is 0 Å². The van der Waals surface area contributed by atoms with Gasteiger partial charge in [0.2, 0.25) is 10.0 Å². The number of hydrogen-bond acceptors (Lipinski definition) is 3. The van der Waals surface area contributed by atoms with Crippen molar-refractivity contribution in [2.75, 3.05) is 18.9 Å². The molecule has 0 aromatic heterocycles. The fourth-order valence-corrected chi connectivity index (χ4v) is 3.98. The highest BCUT2D eigenvalue weighted by Crippen LogP contribution is 2.27. The van der Waals surface area contributed by atoms with Gasteiger partial charge in [-0.15, -0.1) is 0 Å². The predicted octanol–water partition coefficient (Wildman–Crippen LogP) is 1.15. The third-order valence-electron chi connectivity index (χ3n) is 3.09. The van der Waals surface area contributed by atoms with Crippen LogP contribution >= 0.6 is 0 Å². The Hall–Kier alpha value is -0.910. The van der Waals surface area contributed by atoms with Crippen molar-refractivity contribution in [1.29, 1.82) is 0 Å². The van der Waals surface area contributed by atoms with Crippen LogP contribution in [0, 0.1) is 0 Å². The van der Waals surface area contributed by atoms with Crippen LogP contribution in [0.3, 0.4) is 0 Å². The van der Waals surface area contributed by atoms with Crippen LogP contribution in [0.2, 0.25) is 0 Å². The van der Waals surface area contributed by atoms with E-state index in [4.69, 9.17) is 0 Å². The molecule has 1 aliphatic rings. The Bertz CT molecular complexity index is 458. The molecule has 0 saturated carbocycles. The highest BCUT2D eigenvalue weighted by molar-refractivity contribution is 7.89. The van der Waals surface area contributed by atoms with E-state index in [2.05, 4.69) is 0 Å². The molecule has 1 atom stereocenters. The monoisotopic (exact) mass is 255 g/mol. The van der Waals surface area contributed by atoms with Crippen molar-refractivity contribution in [3.8, 4) is 0 Å². The zero-order valence-electron chi connectivity index (χ0n) is 9.62. The molecule has 17 heavy (non-hydrogen) atoms. The van der Waals surface area contributed by atoms with E-state index in [0.29, 0.717) is 13.0 Å². The lowest BCUT2D eigenvalue weighted by Gasteiger charge is -2.32. The van der Waals surface area contributed by atoms with Gasteiger partial charge in [0.25, 0.3) is 0 Å². The molecule has 1 N–H and O–H groups in total. The van der Waals surface area contributed by atoms with Gasteiger partial charge in [0.15, 0.2) is 0 Å². The maximum Gasteiger partial charge on any atom is 0.214 e. The summed E-state index contributed by atoms with van der Waals surface area (Å²) >= 11 is 0. The molecule has 94 valence electrons. The van der Waals surface area contributed by atoms with Crippen LogP contribution in [0.5, 0.6) is 0 Å². The van der Waals surface area contributed by atoms with Crippen molar-refractivity contribution in [3.05, 3.63) is 35.9 Å². The summed E-state index contributed by atoms with van der Waals surface area (Å²) in [5.41, 5.74) is 0.848. The van der Waals surface area contributed by atoms with Gasteiger partial charge >= 0.3 is 0 Å². The molecule has 0 radical (unpaired) electrons. The Labute approximate surface area is 102 Å². The molecule has 1 heterocycles. The molecule has 4 nitrogen and oxygen atoms in total. The van der Waals surface area contributed by atoms with E-state index < -0.39 is 16.1 Å². The van der Waals surface area contributed by atoms with E-state index in [9.17, 15) is 13.5 Å². The summed E-state index contributed by atoms with van der Waals surface area (Å²) in [6.07, 6.45) is 1.58. The van der Waals surface area contributed by atoms with Crippen LogP contribution in [0.25, 0.3) is 0 Å². The van der Waals surface area contributed by atoms with Gasteiger partial charge in [0.1, 0.15) is 0 Å². The SMILES string of the molecule is O=S1(=O)CCCCN1C(CO)c1ccccc1. The molecular weight excluding hydrogens is 238 g/mol. The Morgan fingerprint density at radius 3 is 2.53 bits per heavy atom. The van der Waals surface area contributed by atoms with Gasteiger partial charge in [0.05, 0.1) is 18.4 Å². The Morgan fingerprint density at radius 2 is 1.94 bits per heavy atom. The number of rotatable bonds is 3. The molecule has 1 aromatic carbocycles. The van der Waals surface area contributed by atoms with Crippen molar-refractivity contribution in [3.63, 3.8) is 0 Å². The smallest absolute Gasteiger partial charge is 0.214 e. The maximum absolute atomic E-state index is 12.0. The third-order valence-corrected chi connectivity index (χ3v) is 5.05. The van der Waals surface area contributed by atoms with Crippen molar-refractivity contribution >= 4 is 10.0 Å². The fourth-order valence-electron chi connectivity index (χ4n) is 2.20. The average molecular weight is 255 g/mol. The standard InChI is InChI=1S/C12H17NO3S/c14-10-12(11-6-2-1-3-7-11)13-8-4-5-9-17(13,15)16/h1-3,6-7,12,14H,4-5,8-10H2. The first-order valence-electron chi connectivity index (χ1n) is 5.80. The fraction of sp³-hybridized carbons (Fsp3) is 0.500. The van der Waals surface area contributed by atoms with Gasteiger partial charge in [0, 0.05) is 6.54 Å². The lowest BCUT2D eigenvalue weighted by atomic mass is 10.1.